The second-order valence-corrected chi connectivity index (χ2v) is 6.02. The highest BCUT2D eigenvalue weighted by Crippen LogP contribution is 2.48. The van der Waals surface area contributed by atoms with Crippen LogP contribution in [0.4, 0.5) is 0 Å². The topological polar surface area (TPSA) is 21.3 Å². The molecule has 15 heavy (non-hydrogen) atoms. The maximum atomic E-state index is 6.01. The van der Waals surface area contributed by atoms with Crippen LogP contribution in [0.5, 0.6) is 0 Å². The summed E-state index contributed by atoms with van der Waals surface area (Å²) in [5.74, 6) is 0.856. The van der Waals surface area contributed by atoms with E-state index in [1.54, 1.807) is 0 Å². The monoisotopic (exact) mass is 209 g/mol. The van der Waals surface area contributed by atoms with Gasteiger partial charge in [-0.15, -0.1) is 0 Å². The van der Waals surface area contributed by atoms with Crippen molar-refractivity contribution in [3.8, 4) is 0 Å². The Bertz CT molecular complexity index is 241. The van der Waals surface area contributed by atoms with Crippen molar-refractivity contribution < 1.29 is 4.74 Å². The SMILES string of the molecule is CC1(C2CCOC3(CCC3)C2)CCCN1. The molecule has 2 aliphatic heterocycles. The first-order chi connectivity index (χ1) is 7.23. The Labute approximate surface area is 92.8 Å². The molecule has 0 amide bonds. The third-order valence-corrected chi connectivity index (χ3v) is 5.06. The van der Waals surface area contributed by atoms with Gasteiger partial charge in [0, 0.05) is 12.1 Å². The van der Waals surface area contributed by atoms with Gasteiger partial charge in [0.05, 0.1) is 5.60 Å². The van der Waals surface area contributed by atoms with Crippen LogP contribution in [-0.4, -0.2) is 24.3 Å². The molecule has 2 saturated heterocycles. The molecule has 1 aliphatic carbocycles. The highest BCUT2D eigenvalue weighted by molar-refractivity contribution is 5.02. The molecular formula is C13H23NO. The van der Waals surface area contributed by atoms with Gasteiger partial charge in [0.2, 0.25) is 0 Å². The summed E-state index contributed by atoms with van der Waals surface area (Å²) in [7, 11) is 0. The first-order valence-corrected chi connectivity index (χ1v) is 6.62. The van der Waals surface area contributed by atoms with E-state index < -0.39 is 0 Å². The van der Waals surface area contributed by atoms with Gasteiger partial charge < -0.3 is 10.1 Å². The molecule has 3 aliphatic rings. The molecule has 0 radical (unpaired) electrons. The van der Waals surface area contributed by atoms with Crippen LogP contribution in [0.25, 0.3) is 0 Å². The van der Waals surface area contributed by atoms with Crippen LogP contribution in [0.3, 0.4) is 0 Å². The van der Waals surface area contributed by atoms with Gasteiger partial charge in [-0.25, -0.2) is 0 Å². The standard InChI is InChI=1S/C13H23NO/c1-12(5-3-8-14-12)11-4-9-15-13(10-11)6-2-7-13/h11,14H,2-10H2,1H3. The highest BCUT2D eigenvalue weighted by atomic mass is 16.5. The predicted molar refractivity (Wildman–Crippen MR) is 60.9 cm³/mol. The third kappa shape index (κ3) is 1.62. The van der Waals surface area contributed by atoms with E-state index in [9.17, 15) is 0 Å². The maximum Gasteiger partial charge on any atom is 0.0686 e. The van der Waals surface area contributed by atoms with E-state index >= 15 is 0 Å². The molecule has 0 aromatic carbocycles. The molecule has 1 saturated carbocycles. The van der Waals surface area contributed by atoms with E-state index in [0.717, 1.165) is 12.5 Å². The Kier molecular flexibility index (Phi) is 2.33. The fourth-order valence-corrected chi connectivity index (χ4v) is 3.76. The summed E-state index contributed by atoms with van der Waals surface area (Å²) in [6, 6.07) is 0. The minimum absolute atomic E-state index is 0.316. The third-order valence-electron chi connectivity index (χ3n) is 5.06. The molecule has 1 N–H and O–H groups in total. The fourth-order valence-electron chi connectivity index (χ4n) is 3.76. The average Bonchev–Trinajstić information content (AvgIpc) is 2.65. The molecule has 2 nitrogen and oxygen atoms in total. The number of rotatable bonds is 1. The van der Waals surface area contributed by atoms with Crippen LogP contribution < -0.4 is 5.32 Å². The van der Waals surface area contributed by atoms with Crippen LogP contribution >= 0.6 is 0 Å². The Morgan fingerprint density at radius 1 is 1.20 bits per heavy atom. The van der Waals surface area contributed by atoms with Crippen molar-refractivity contribution in [2.45, 2.75) is 63.0 Å². The second-order valence-electron chi connectivity index (χ2n) is 6.02. The molecule has 2 unspecified atom stereocenters. The van der Waals surface area contributed by atoms with E-state index in [2.05, 4.69) is 12.2 Å². The van der Waals surface area contributed by atoms with Crippen molar-refractivity contribution >= 4 is 0 Å². The van der Waals surface area contributed by atoms with E-state index in [1.165, 1.54) is 51.5 Å². The highest BCUT2D eigenvalue weighted by Gasteiger charge is 2.48. The number of hydrogen-bond donors (Lipinski definition) is 1. The molecule has 0 bridgehead atoms. The summed E-state index contributed by atoms with van der Waals surface area (Å²) in [5.41, 5.74) is 0.739. The summed E-state index contributed by atoms with van der Waals surface area (Å²) in [5, 5.41) is 3.73. The summed E-state index contributed by atoms with van der Waals surface area (Å²) in [4.78, 5) is 0. The minimum atomic E-state index is 0.316. The zero-order chi connectivity index (χ0) is 10.4. The smallest absolute Gasteiger partial charge is 0.0686 e. The van der Waals surface area contributed by atoms with Gasteiger partial charge in [0.25, 0.3) is 0 Å². The van der Waals surface area contributed by atoms with E-state index in [4.69, 9.17) is 4.74 Å². The maximum absolute atomic E-state index is 6.01. The molecule has 0 aromatic heterocycles. The minimum Gasteiger partial charge on any atom is -0.375 e. The lowest BCUT2D eigenvalue weighted by atomic mass is 9.67. The van der Waals surface area contributed by atoms with Crippen molar-refractivity contribution in [2.24, 2.45) is 5.92 Å². The van der Waals surface area contributed by atoms with Crippen molar-refractivity contribution in [1.82, 2.24) is 5.32 Å². The van der Waals surface area contributed by atoms with Crippen molar-refractivity contribution in [2.75, 3.05) is 13.2 Å². The lowest BCUT2D eigenvalue weighted by Crippen LogP contribution is -2.53. The fraction of sp³-hybridized carbons (Fsp3) is 1.00. The van der Waals surface area contributed by atoms with E-state index in [1.807, 2.05) is 0 Å². The molecule has 2 heterocycles. The Hall–Kier alpha value is -0.0800. The molecule has 3 rings (SSSR count). The number of hydrogen-bond acceptors (Lipinski definition) is 2. The zero-order valence-corrected chi connectivity index (χ0v) is 9.85. The largest absolute Gasteiger partial charge is 0.375 e. The van der Waals surface area contributed by atoms with Crippen LogP contribution in [0.15, 0.2) is 0 Å². The summed E-state index contributed by atoms with van der Waals surface area (Å²) < 4.78 is 6.01. The van der Waals surface area contributed by atoms with Crippen molar-refractivity contribution in [3.63, 3.8) is 0 Å². The van der Waals surface area contributed by atoms with Crippen molar-refractivity contribution in [1.29, 1.82) is 0 Å². The Morgan fingerprint density at radius 3 is 2.67 bits per heavy atom. The van der Waals surface area contributed by atoms with E-state index in [0.29, 0.717) is 11.1 Å². The second kappa shape index (κ2) is 3.46. The Balaban J connectivity index is 1.70. The lowest BCUT2D eigenvalue weighted by molar-refractivity contribution is -0.152. The van der Waals surface area contributed by atoms with Gasteiger partial charge in [-0.05, 0) is 64.3 Å². The number of ether oxygens (including phenoxy) is 1. The molecule has 1 spiro atoms. The van der Waals surface area contributed by atoms with Crippen LogP contribution in [0, 0.1) is 5.92 Å². The van der Waals surface area contributed by atoms with Gasteiger partial charge in [-0.3, -0.25) is 0 Å². The van der Waals surface area contributed by atoms with Gasteiger partial charge in [0.1, 0.15) is 0 Å². The van der Waals surface area contributed by atoms with Crippen LogP contribution in [0.1, 0.15) is 51.9 Å². The molecular weight excluding hydrogens is 186 g/mol. The molecule has 0 aromatic rings. The summed E-state index contributed by atoms with van der Waals surface area (Å²) in [6.45, 7) is 4.66. The lowest BCUT2D eigenvalue weighted by Gasteiger charge is -2.50. The Morgan fingerprint density at radius 2 is 2.07 bits per heavy atom. The van der Waals surface area contributed by atoms with Gasteiger partial charge in [-0.2, -0.15) is 0 Å². The zero-order valence-electron chi connectivity index (χ0n) is 9.85. The normalized spacial score (nSPS) is 44.2. The summed E-state index contributed by atoms with van der Waals surface area (Å²) >= 11 is 0. The first-order valence-electron chi connectivity index (χ1n) is 6.62. The predicted octanol–water partition coefficient (Wildman–Crippen LogP) is 2.48. The van der Waals surface area contributed by atoms with Gasteiger partial charge in [0.15, 0.2) is 0 Å². The van der Waals surface area contributed by atoms with E-state index in [-0.39, 0.29) is 0 Å². The van der Waals surface area contributed by atoms with Gasteiger partial charge in [-0.1, -0.05) is 0 Å². The van der Waals surface area contributed by atoms with Crippen LogP contribution in [0.2, 0.25) is 0 Å². The quantitative estimate of drug-likeness (QED) is 0.716. The first kappa shape index (κ1) is 10.1. The van der Waals surface area contributed by atoms with Crippen molar-refractivity contribution in [3.05, 3.63) is 0 Å². The molecule has 3 fully saturated rings. The number of nitrogens with one attached hydrogen (secondary N) is 1. The van der Waals surface area contributed by atoms with Crippen LogP contribution in [-0.2, 0) is 4.74 Å². The molecule has 86 valence electrons. The summed E-state index contributed by atoms with van der Waals surface area (Å²) in [6.07, 6.45) is 9.34. The average molecular weight is 209 g/mol. The molecule has 2 heteroatoms. The van der Waals surface area contributed by atoms with Gasteiger partial charge >= 0.3 is 0 Å². The molecule has 2 atom stereocenters.